The number of nitrogens with zero attached hydrogens (tertiary/aromatic N) is 2. The molecule has 0 amide bonds. The van der Waals surface area contributed by atoms with Crippen molar-refractivity contribution in [1.29, 1.82) is 0 Å². The lowest BCUT2D eigenvalue weighted by atomic mass is 10.2. The molecule has 0 unspecified atom stereocenters. The Balaban J connectivity index is 0.00000264. The number of hydrogen-bond acceptors (Lipinski definition) is 2. The van der Waals surface area contributed by atoms with Crippen molar-refractivity contribution in [2.24, 2.45) is 4.99 Å². The zero-order valence-electron chi connectivity index (χ0n) is 14.1. The summed E-state index contributed by atoms with van der Waals surface area (Å²) in [6.45, 7) is 4.02. The standard InChI is InChI=1S/C17H27N5.HI/c1-3-4-5-8-12-19-17(18-2)20-13-11-16-21-14-9-6-7-10-15(14)22-16;/h6-7,9-10H,3-5,8,11-13H2,1-2H3,(H,21,22)(H2,18,19,20);1H. The number of guanidine groups is 1. The molecule has 2 rings (SSSR count). The number of fused-ring (bicyclic) bond motifs is 1. The van der Waals surface area contributed by atoms with Gasteiger partial charge < -0.3 is 15.6 Å². The molecule has 0 radical (unpaired) electrons. The number of aromatic amines is 1. The van der Waals surface area contributed by atoms with E-state index < -0.39 is 0 Å². The van der Waals surface area contributed by atoms with Crippen molar-refractivity contribution in [3.63, 3.8) is 0 Å². The molecule has 3 N–H and O–H groups in total. The van der Waals surface area contributed by atoms with Gasteiger partial charge in [0.25, 0.3) is 0 Å². The number of unbranched alkanes of at least 4 members (excludes halogenated alkanes) is 3. The smallest absolute Gasteiger partial charge is 0.190 e. The maximum Gasteiger partial charge on any atom is 0.190 e. The van der Waals surface area contributed by atoms with Crippen LogP contribution in [0, 0.1) is 0 Å². The van der Waals surface area contributed by atoms with E-state index in [9.17, 15) is 0 Å². The summed E-state index contributed by atoms with van der Waals surface area (Å²) in [4.78, 5) is 12.2. The number of halogens is 1. The van der Waals surface area contributed by atoms with Crippen molar-refractivity contribution in [3.8, 4) is 0 Å². The van der Waals surface area contributed by atoms with Gasteiger partial charge in [0.2, 0.25) is 0 Å². The Morgan fingerprint density at radius 2 is 1.91 bits per heavy atom. The van der Waals surface area contributed by atoms with E-state index >= 15 is 0 Å². The van der Waals surface area contributed by atoms with E-state index in [4.69, 9.17) is 0 Å². The summed E-state index contributed by atoms with van der Waals surface area (Å²) in [5.41, 5.74) is 2.12. The van der Waals surface area contributed by atoms with Gasteiger partial charge in [-0.1, -0.05) is 38.3 Å². The number of rotatable bonds is 8. The second-order valence-corrected chi connectivity index (χ2v) is 5.44. The second kappa shape index (κ2) is 11.3. The predicted octanol–water partition coefficient (Wildman–Crippen LogP) is 3.47. The summed E-state index contributed by atoms with van der Waals surface area (Å²) in [5, 5.41) is 6.68. The summed E-state index contributed by atoms with van der Waals surface area (Å²) >= 11 is 0. The van der Waals surface area contributed by atoms with Gasteiger partial charge in [0.1, 0.15) is 5.82 Å². The largest absolute Gasteiger partial charge is 0.356 e. The third-order valence-corrected chi connectivity index (χ3v) is 3.64. The Morgan fingerprint density at radius 3 is 2.65 bits per heavy atom. The SMILES string of the molecule is CCCCCCNC(=NC)NCCc1nc2ccccc2[nH]1.I. The highest BCUT2D eigenvalue weighted by atomic mass is 127. The minimum Gasteiger partial charge on any atom is -0.356 e. The van der Waals surface area contributed by atoms with E-state index in [1.54, 1.807) is 0 Å². The number of hydrogen-bond donors (Lipinski definition) is 3. The fraction of sp³-hybridized carbons (Fsp3) is 0.529. The minimum atomic E-state index is 0. The first kappa shape index (κ1) is 19.7. The summed E-state index contributed by atoms with van der Waals surface area (Å²) in [7, 11) is 1.81. The number of para-hydroxylation sites is 2. The summed E-state index contributed by atoms with van der Waals surface area (Å²) in [5.74, 6) is 1.87. The van der Waals surface area contributed by atoms with Crippen LogP contribution in [0.4, 0.5) is 0 Å². The monoisotopic (exact) mass is 429 g/mol. The lowest BCUT2D eigenvalue weighted by molar-refractivity contribution is 0.646. The maximum atomic E-state index is 4.58. The summed E-state index contributed by atoms with van der Waals surface area (Å²) in [6, 6.07) is 8.11. The zero-order valence-corrected chi connectivity index (χ0v) is 16.4. The van der Waals surface area contributed by atoms with Gasteiger partial charge >= 0.3 is 0 Å². The van der Waals surface area contributed by atoms with Gasteiger partial charge in [0, 0.05) is 26.6 Å². The van der Waals surface area contributed by atoms with Gasteiger partial charge in [-0.2, -0.15) is 0 Å². The number of imidazole rings is 1. The first-order valence-corrected chi connectivity index (χ1v) is 8.21. The molecule has 0 aliphatic heterocycles. The summed E-state index contributed by atoms with van der Waals surface area (Å²) in [6.07, 6.45) is 5.90. The van der Waals surface area contributed by atoms with Crippen molar-refractivity contribution in [1.82, 2.24) is 20.6 Å². The molecule has 1 aromatic heterocycles. The molecule has 0 aliphatic rings. The highest BCUT2D eigenvalue weighted by Gasteiger charge is 2.02. The molecule has 0 fully saturated rings. The van der Waals surface area contributed by atoms with E-state index in [0.29, 0.717) is 0 Å². The molecule has 0 saturated carbocycles. The average Bonchev–Trinajstić information content (AvgIpc) is 2.95. The molecule has 1 heterocycles. The topological polar surface area (TPSA) is 65.1 Å². The van der Waals surface area contributed by atoms with Crippen LogP contribution in [-0.2, 0) is 6.42 Å². The van der Waals surface area contributed by atoms with Crippen molar-refractivity contribution in [2.45, 2.75) is 39.0 Å². The van der Waals surface area contributed by atoms with Crippen molar-refractivity contribution >= 4 is 41.0 Å². The fourth-order valence-corrected chi connectivity index (χ4v) is 2.40. The first-order chi connectivity index (χ1) is 10.8. The molecule has 1 aromatic carbocycles. The van der Waals surface area contributed by atoms with Crippen LogP contribution >= 0.6 is 24.0 Å². The first-order valence-electron chi connectivity index (χ1n) is 8.21. The van der Waals surface area contributed by atoms with E-state index in [2.05, 4.69) is 38.6 Å². The predicted molar refractivity (Wildman–Crippen MR) is 109 cm³/mol. The normalized spacial score (nSPS) is 11.3. The molecule has 0 aliphatic carbocycles. The second-order valence-electron chi connectivity index (χ2n) is 5.44. The van der Waals surface area contributed by atoms with Crippen LogP contribution < -0.4 is 10.6 Å². The van der Waals surface area contributed by atoms with Crippen LogP contribution in [0.5, 0.6) is 0 Å². The van der Waals surface area contributed by atoms with Crippen molar-refractivity contribution in [3.05, 3.63) is 30.1 Å². The lowest BCUT2D eigenvalue weighted by Gasteiger charge is -2.11. The Bertz CT molecular complexity index is 560. The third-order valence-electron chi connectivity index (χ3n) is 3.64. The van der Waals surface area contributed by atoms with Crippen LogP contribution in [-0.4, -0.2) is 36.1 Å². The van der Waals surface area contributed by atoms with Gasteiger partial charge in [-0.05, 0) is 18.6 Å². The zero-order chi connectivity index (χ0) is 15.6. The van der Waals surface area contributed by atoms with E-state index in [0.717, 1.165) is 42.3 Å². The van der Waals surface area contributed by atoms with Crippen LogP contribution in [0.3, 0.4) is 0 Å². The molecule has 0 atom stereocenters. The van der Waals surface area contributed by atoms with E-state index in [1.165, 1.54) is 25.7 Å². The van der Waals surface area contributed by atoms with Crippen LogP contribution in [0.15, 0.2) is 29.3 Å². The summed E-state index contributed by atoms with van der Waals surface area (Å²) < 4.78 is 0. The van der Waals surface area contributed by atoms with E-state index in [1.807, 2.05) is 25.2 Å². The maximum absolute atomic E-state index is 4.58. The third kappa shape index (κ3) is 6.76. The fourth-order valence-electron chi connectivity index (χ4n) is 2.40. The molecule has 128 valence electrons. The Labute approximate surface area is 155 Å². The van der Waals surface area contributed by atoms with Gasteiger partial charge in [-0.25, -0.2) is 4.98 Å². The number of aromatic nitrogens is 2. The van der Waals surface area contributed by atoms with E-state index in [-0.39, 0.29) is 24.0 Å². The molecule has 23 heavy (non-hydrogen) atoms. The van der Waals surface area contributed by atoms with Gasteiger partial charge in [-0.3, -0.25) is 4.99 Å². The Morgan fingerprint density at radius 1 is 1.13 bits per heavy atom. The molecule has 5 nitrogen and oxygen atoms in total. The number of benzene rings is 1. The van der Waals surface area contributed by atoms with Gasteiger partial charge in [0.05, 0.1) is 11.0 Å². The van der Waals surface area contributed by atoms with Crippen LogP contribution in [0.1, 0.15) is 38.4 Å². The highest BCUT2D eigenvalue weighted by Crippen LogP contribution is 2.10. The van der Waals surface area contributed by atoms with Crippen molar-refractivity contribution < 1.29 is 0 Å². The van der Waals surface area contributed by atoms with Crippen LogP contribution in [0.25, 0.3) is 11.0 Å². The molecule has 6 heteroatoms. The molecular weight excluding hydrogens is 401 g/mol. The Hall–Kier alpha value is -1.31. The Kier molecular flexibility index (Phi) is 9.66. The van der Waals surface area contributed by atoms with Gasteiger partial charge in [-0.15, -0.1) is 24.0 Å². The highest BCUT2D eigenvalue weighted by molar-refractivity contribution is 14.0. The quantitative estimate of drug-likeness (QED) is 0.261. The molecule has 0 spiro atoms. The van der Waals surface area contributed by atoms with Crippen LogP contribution in [0.2, 0.25) is 0 Å². The molecule has 2 aromatic rings. The molecular formula is C17H28IN5. The average molecular weight is 429 g/mol. The lowest BCUT2D eigenvalue weighted by Crippen LogP contribution is -2.38. The number of H-pyrrole nitrogens is 1. The number of nitrogens with one attached hydrogen (secondary N) is 3. The number of aliphatic imine (C=N–C) groups is 1. The minimum absolute atomic E-state index is 0. The molecule has 0 saturated heterocycles. The van der Waals surface area contributed by atoms with Gasteiger partial charge in [0.15, 0.2) is 5.96 Å². The molecule has 0 bridgehead atoms. The van der Waals surface area contributed by atoms with Crippen molar-refractivity contribution in [2.75, 3.05) is 20.1 Å².